The highest BCUT2D eigenvalue weighted by Crippen LogP contribution is 2.18. The van der Waals surface area contributed by atoms with Crippen molar-refractivity contribution in [1.82, 2.24) is 0 Å². The highest BCUT2D eigenvalue weighted by Gasteiger charge is 2.08. The molecule has 0 radical (unpaired) electrons. The third-order valence-corrected chi connectivity index (χ3v) is 7.09. The van der Waals surface area contributed by atoms with Gasteiger partial charge in [0, 0.05) is 0 Å². The average molecular weight is 515 g/mol. The molecule has 0 unspecified atom stereocenters. The van der Waals surface area contributed by atoms with E-state index in [0.717, 1.165) is 48.5 Å². The molecule has 2 aromatic carbocycles. The fourth-order valence-electron chi connectivity index (χ4n) is 4.74. The summed E-state index contributed by atoms with van der Waals surface area (Å²) < 4.78 is 0. The molecule has 38 heavy (non-hydrogen) atoms. The summed E-state index contributed by atoms with van der Waals surface area (Å²) in [5.41, 5.74) is 4.07. The van der Waals surface area contributed by atoms with Gasteiger partial charge < -0.3 is 0 Å². The molecule has 208 valence electrons. The zero-order chi connectivity index (χ0) is 26.9. The number of unbranched alkanes of at least 4 members (excludes halogenated alkanes) is 15. The van der Waals surface area contributed by atoms with Gasteiger partial charge in [0.05, 0.1) is 22.8 Å². The first-order valence-corrected chi connectivity index (χ1v) is 15.8. The quantitative estimate of drug-likeness (QED) is 0.110. The highest BCUT2D eigenvalue weighted by molar-refractivity contribution is 6.47. The minimum Gasteiger partial charge on any atom is -0.251 e. The number of benzene rings is 2. The SMILES string of the molecule is CCCCCCCCCCCCCCCCC=CC(=Nc1ccccc1)C(CCCC)=Nc1ccccc1. The monoisotopic (exact) mass is 514 g/mol. The Morgan fingerprint density at radius 3 is 1.47 bits per heavy atom. The molecule has 0 heterocycles. The summed E-state index contributed by atoms with van der Waals surface area (Å²) in [5.74, 6) is 0. The fourth-order valence-corrected chi connectivity index (χ4v) is 4.74. The van der Waals surface area contributed by atoms with Crippen LogP contribution in [0.5, 0.6) is 0 Å². The number of rotatable bonds is 22. The van der Waals surface area contributed by atoms with Crippen LogP contribution >= 0.6 is 0 Å². The molecule has 0 N–H and O–H groups in total. The smallest absolute Gasteiger partial charge is 0.0848 e. The van der Waals surface area contributed by atoms with E-state index in [-0.39, 0.29) is 0 Å². The fraction of sp³-hybridized carbons (Fsp3) is 0.556. The van der Waals surface area contributed by atoms with Crippen molar-refractivity contribution in [2.24, 2.45) is 9.98 Å². The lowest BCUT2D eigenvalue weighted by Crippen LogP contribution is -2.11. The van der Waals surface area contributed by atoms with Crippen molar-refractivity contribution in [3.63, 3.8) is 0 Å². The van der Waals surface area contributed by atoms with Gasteiger partial charge in [-0.1, -0.05) is 146 Å². The van der Waals surface area contributed by atoms with Crippen molar-refractivity contribution in [1.29, 1.82) is 0 Å². The van der Waals surface area contributed by atoms with E-state index in [1.54, 1.807) is 0 Å². The van der Waals surface area contributed by atoms with E-state index in [0.29, 0.717) is 0 Å². The molecule has 0 spiro atoms. The Hall–Kier alpha value is -2.48. The summed E-state index contributed by atoms with van der Waals surface area (Å²) in [5, 5.41) is 0. The minimum atomic E-state index is 0.945. The predicted molar refractivity (Wildman–Crippen MR) is 171 cm³/mol. The summed E-state index contributed by atoms with van der Waals surface area (Å²) in [6.07, 6.45) is 28.5. The number of hydrogen-bond donors (Lipinski definition) is 0. The number of aliphatic imine (C=N–C) groups is 2. The van der Waals surface area contributed by atoms with Crippen LogP contribution in [0.3, 0.4) is 0 Å². The Bertz CT molecular complexity index is 895. The molecule has 0 saturated carbocycles. The number of nitrogens with zero attached hydrogens (tertiary/aromatic N) is 2. The van der Waals surface area contributed by atoms with Gasteiger partial charge in [0.1, 0.15) is 0 Å². The molecule has 2 heteroatoms. The van der Waals surface area contributed by atoms with Gasteiger partial charge in [-0.15, -0.1) is 0 Å². The maximum atomic E-state index is 5.02. The van der Waals surface area contributed by atoms with Crippen molar-refractivity contribution < 1.29 is 0 Å². The molecular formula is C36H54N2. The summed E-state index contributed by atoms with van der Waals surface area (Å²) in [6, 6.07) is 20.6. The highest BCUT2D eigenvalue weighted by atomic mass is 14.8. The molecule has 0 amide bonds. The summed E-state index contributed by atoms with van der Waals surface area (Å²) in [7, 11) is 0. The van der Waals surface area contributed by atoms with Crippen LogP contribution in [0.15, 0.2) is 82.8 Å². The van der Waals surface area contributed by atoms with Crippen LogP contribution in [0.4, 0.5) is 11.4 Å². The van der Waals surface area contributed by atoms with Crippen LogP contribution in [-0.2, 0) is 0 Å². The first kappa shape index (κ1) is 31.7. The largest absolute Gasteiger partial charge is 0.251 e. The van der Waals surface area contributed by atoms with Crippen LogP contribution in [0.1, 0.15) is 129 Å². The van der Waals surface area contributed by atoms with E-state index < -0.39 is 0 Å². The molecule has 0 aromatic heterocycles. The maximum Gasteiger partial charge on any atom is 0.0848 e. The van der Waals surface area contributed by atoms with Gasteiger partial charge in [-0.25, -0.2) is 4.99 Å². The predicted octanol–water partition coefficient (Wildman–Crippen LogP) is 12.1. The standard InChI is InChI=1S/C36H54N2/c1-3-5-7-8-9-10-11-12-13-14-15-16-17-18-19-26-32-36(38-34-29-24-21-25-30-34)35(31-6-4-2)37-33-27-22-20-23-28-33/h20-30,32H,3-19,31H2,1-2H3. The van der Waals surface area contributed by atoms with Crippen molar-refractivity contribution in [2.45, 2.75) is 129 Å². The van der Waals surface area contributed by atoms with Gasteiger partial charge in [0.15, 0.2) is 0 Å². The Labute approximate surface area is 234 Å². The van der Waals surface area contributed by atoms with E-state index in [9.17, 15) is 0 Å². The molecule has 2 nitrogen and oxygen atoms in total. The molecule has 0 aliphatic rings. The van der Waals surface area contributed by atoms with Crippen LogP contribution < -0.4 is 0 Å². The molecule has 0 bridgehead atoms. The summed E-state index contributed by atoms with van der Waals surface area (Å²) in [6.45, 7) is 4.53. The molecule has 0 fully saturated rings. The lowest BCUT2D eigenvalue weighted by atomic mass is 10.0. The minimum absolute atomic E-state index is 0.945. The van der Waals surface area contributed by atoms with Gasteiger partial charge in [0.2, 0.25) is 0 Å². The maximum absolute atomic E-state index is 5.02. The molecule has 2 rings (SSSR count). The lowest BCUT2D eigenvalue weighted by molar-refractivity contribution is 0.536. The summed E-state index contributed by atoms with van der Waals surface area (Å²) >= 11 is 0. The van der Waals surface area contributed by atoms with Gasteiger partial charge in [-0.05, 0) is 56.0 Å². The molecule has 0 saturated heterocycles. The molecule has 0 atom stereocenters. The molecule has 0 aliphatic carbocycles. The Morgan fingerprint density at radius 1 is 0.526 bits per heavy atom. The van der Waals surface area contributed by atoms with Crippen LogP contribution in [0.2, 0.25) is 0 Å². The van der Waals surface area contributed by atoms with Gasteiger partial charge in [0.25, 0.3) is 0 Å². The van der Waals surface area contributed by atoms with Crippen LogP contribution in [-0.4, -0.2) is 11.4 Å². The van der Waals surface area contributed by atoms with Crippen molar-refractivity contribution >= 4 is 22.8 Å². The van der Waals surface area contributed by atoms with Gasteiger partial charge in [-0.2, -0.15) is 0 Å². The zero-order valence-electron chi connectivity index (χ0n) is 24.6. The number of hydrogen-bond acceptors (Lipinski definition) is 2. The van der Waals surface area contributed by atoms with E-state index in [1.807, 2.05) is 12.1 Å². The second-order valence-corrected chi connectivity index (χ2v) is 10.6. The normalized spacial score (nSPS) is 12.5. The lowest BCUT2D eigenvalue weighted by Gasteiger charge is -2.08. The van der Waals surface area contributed by atoms with Crippen molar-refractivity contribution in [3.8, 4) is 0 Å². The zero-order valence-corrected chi connectivity index (χ0v) is 24.6. The van der Waals surface area contributed by atoms with Crippen molar-refractivity contribution in [2.75, 3.05) is 0 Å². The Kier molecular flexibility index (Phi) is 18.8. The van der Waals surface area contributed by atoms with E-state index in [4.69, 9.17) is 9.98 Å². The van der Waals surface area contributed by atoms with Crippen molar-refractivity contribution in [3.05, 3.63) is 72.8 Å². The number of allylic oxidation sites excluding steroid dienone is 2. The number of para-hydroxylation sites is 2. The third kappa shape index (κ3) is 15.7. The second-order valence-electron chi connectivity index (χ2n) is 10.6. The topological polar surface area (TPSA) is 24.7 Å². The van der Waals surface area contributed by atoms with E-state index in [2.05, 4.69) is 74.5 Å². The first-order chi connectivity index (χ1) is 18.8. The molecular weight excluding hydrogens is 460 g/mol. The first-order valence-electron chi connectivity index (χ1n) is 15.8. The van der Waals surface area contributed by atoms with Crippen LogP contribution in [0.25, 0.3) is 0 Å². The van der Waals surface area contributed by atoms with Gasteiger partial charge >= 0.3 is 0 Å². The molecule has 0 aliphatic heterocycles. The third-order valence-electron chi connectivity index (χ3n) is 7.09. The molecule has 2 aromatic rings. The second kappa shape index (κ2) is 22.5. The average Bonchev–Trinajstić information content (AvgIpc) is 2.95. The van der Waals surface area contributed by atoms with Crippen LogP contribution in [0, 0.1) is 0 Å². The van der Waals surface area contributed by atoms with E-state index >= 15 is 0 Å². The Balaban J connectivity index is 1.77. The summed E-state index contributed by atoms with van der Waals surface area (Å²) in [4.78, 5) is 10.0. The Morgan fingerprint density at radius 2 is 0.974 bits per heavy atom. The van der Waals surface area contributed by atoms with E-state index in [1.165, 1.54) is 89.9 Å². The van der Waals surface area contributed by atoms with Gasteiger partial charge in [-0.3, -0.25) is 4.99 Å².